The Hall–Kier alpha value is -3.06. The van der Waals surface area contributed by atoms with E-state index in [0.717, 1.165) is 6.42 Å². The Morgan fingerprint density at radius 2 is 1.93 bits per heavy atom. The molecule has 0 aliphatic carbocycles. The Labute approximate surface area is 156 Å². The second-order valence-electron chi connectivity index (χ2n) is 6.45. The Kier molecular flexibility index (Phi) is 5.32. The van der Waals surface area contributed by atoms with Gasteiger partial charge in [0.2, 0.25) is 6.10 Å². The summed E-state index contributed by atoms with van der Waals surface area (Å²) in [4.78, 5) is 34.1. The number of nitrogens with zero attached hydrogens (tertiary/aromatic N) is 2. The molecule has 3 rings (SSSR count). The number of hydrogen-bond acceptors (Lipinski definition) is 6. The van der Waals surface area contributed by atoms with Crippen LogP contribution in [0.5, 0.6) is 0 Å². The van der Waals surface area contributed by atoms with Gasteiger partial charge in [0.05, 0.1) is 5.56 Å². The molecule has 0 fully saturated rings. The highest BCUT2D eigenvalue weighted by atomic mass is 16.6. The third-order valence-electron chi connectivity index (χ3n) is 4.68. The van der Waals surface area contributed by atoms with Crippen molar-refractivity contribution in [2.24, 2.45) is 10.9 Å². The molecule has 2 aromatic rings. The molecule has 2 heterocycles. The lowest BCUT2D eigenvalue weighted by Crippen LogP contribution is -2.55. The average molecular weight is 367 g/mol. The van der Waals surface area contributed by atoms with Crippen LogP contribution in [0.1, 0.15) is 47.7 Å². The minimum Gasteiger partial charge on any atom is -0.478 e. The van der Waals surface area contributed by atoms with Crippen LogP contribution in [-0.2, 0) is 15.2 Å². The summed E-state index contributed by atoms with van der Waals surface area (Å²) in [6.07, 6.45) is 3.89. The first-order chi connectivity index (χ1) is 13.0. The molecule has 7 heteroatoms. The van der Waals surface area contributed by atoms with E-state index in [1.54, 1.807) is 42.7 Å². The number of aromatic carboxylic acids is 1. The van der Waals surface area contributed by atoms with E-state index in [9.17, 15) is 14.7 Å². The Balaban J connectivity index is 2.15. The summed E-state index contributed by atoms with van der Waals surface area (Å²) >= 11 is 0. The van der Waals surface area contributed by atoms with Gasteiger partial charge >= 0.3 is 5.97 Å². The molecule has 0 saturated heterocycles. The van der Waals surface area contributed by atoms with Gasteiger partial charge in [-0.2, -0.15) is 0 Å². The van der Waals surface area contributed by atoms with Gasteiger partial charge in [0, 0.05) is 24.4 Å². The van der Waals surface area contributed by atoms with Crippen molar-refractivity contribution in [3.05, 3.63) is 65.5 Å². The van der Waals surface area contributed by atoms with Crippen LogP contribution in [-0.4, -0.2) is 33.7 Å². The Bertz CT molecular complexity index is 882. The van der Waals surface area contributed by atoms with E-state index < -0.39 is 17.6 Å². The number of oxime groups is 1. The van der Waals surface area contributed by atoms with E-state index in [-0.39, 0.29) is 17.8 Å². The fraction of sp³-hybridized carbons (Fsp3) is 0.300. The molecule has 2 atom stereocenters. The molecule has 0 saturated carbocycles. The second kappa shape index (κ2) is 7.67. The molecule has 0 amide bonds. The van der Waals surface area contributed by atoms with Crippen molar-refractivity contribution in [1.29, 1.82) is 0 Å². The van der Waals surface area contributed by atoms with Gasteiger partial charge in [-0.25, -0.2) is 4.79 Å². The third kappa shape index (κ3) is 3.33. The minimum absolute atomic E-state index is 0.0144. The number of carboxylic acids is 1. The average Bonchev–Trinajstić information content (AvgIpc) is 3.05. The zero-order chi connectivity index (χ0) is 19.4. The number of carbonyl (C=O) groups is 2. The summed E-state index contributed by atoms with van der Waals surface area (Å²) in [5.74, 6) is -1.33. The van der Waals surface area contributed by atoms with E-state index in [4.69, 9.17) is 10.6 Å². The quantitative estimate of drug-likeness (QED) is 0.777. The van der Waals surface area contributed by atoms with Gasteiger partial charge in [0.1, 0.15) is 11.3 Å². The normalized spacial score (nSPS) is 21.4. The predicted molar refractivity (Wildman–Crippen MR) is 99.4 cm³/mol. The molecule has 1 aliphatic rings. The van der Waals surface area contributed by atoms with Crippen LogP contribution in [0, 0.1) is 0 Å². The van der Waals surface area contributed by atoms with Gasteiger partial charge in [0.15, 0.2) is 5.78 Å². The lowest BCUT2D eigenvalue weighted by atomic mass is 9.75. The van der Waals surface area contributed by atoms with E-state index in [2.05, 4.69) is 10.1 Å². The highest BCUT2D eigenvalue weighted by Gasteiger charge is 2.53. The SMILES string of the molecule is CCCCC(=O)C1ON=C(c2ccncc2)C1(N)c1ccccc1C(=O)O. The van der Waals surface area contributed by atoms with Gasteiger partial charge in [-0.1, -0.05) is 36.7 Å². The molecule has 0 spiro atoms. The number of benzene rings is 1. The molecule has 1 aliphatic heterocycles. The Morgan fingerprint density at radius 1 is 1.22 bits per heavy atom. The molecule has 0 bridgehead atoms. The van der Waals surface area contributed by atoms with Crippen LogP contribution in [0.15, 0.2) is 53.9 Å². The van der Waals surface area contributed by atoms with Gasteiger partial charge in [-0.3, -0.25) is 9.78 Å². The molecule has 0 radical (unpaired) electrons. The zero-order valence-electron chi connectivity index (χ0n) is 15.0. The summed E-state index contributed by atoms with van der Waals surface area (Å²) in [6.45, 7) is 1.98. The summed E-state index contributed by atoms with van der Waals surface area (Å²) in [7, 11) is 0. The van der Waals surface area contributed by atoms with Crippen LogP contribution >= 0.6 is 0 Å². The number of pyridine rings is 1. The van der Waals surface area contributed by atoms with Crippen LogP contribution in [0.2, 0.25) is 0 Å². The lowest BCUT2D eigenvalue weighted by molar-refractivity contribution is -0.131. The number of rotatable bonds is 7. The van der Waals surface area contributed by atoms with Crippen LogP contribution < -0.4 is 5.73 Å². The van der Waals surface area contributed by atoms with Crippen molar-refractivity contribution >= 4 is 17.5 Å². The van der Waals surface area contributed by atoms with Gasteiger partial charge in [0.25, 0.3) is 0 Å². The number of ketones is 1. The fourth-order valence-corrected chi connectivity index (χ4v) is 3.28. The number of aromatic nitrogens is 1. The number of Topliss-reactive ketones (excluding diaryl/α,β-unsaturated/α-hetero) is 1. The van der Waals surface area contributed by atoms with Crippen molar-refractivity contribution in [2.75, 3.05) is 0 Å². The summed E-state index contributed by atoms with van der Waals surface area (Å²) in [5.41, 5.74) is 6.48. The zero-order valence-corrected chi connectivity index (χ0v) is 15.0. The smallest absolute Gasteiger partial charge is 0.336 e. The number of nitrogens with two attached hydrogens (primary N) is 1. The molecule has 7 nitrogen and oxygen atoms in total. The molecule has 1 aromatic carbocycles. The maximum Gasteiger partial charge on any atom is 0.336 e. The van der Waals surface area contributed by atoms with Crippen molar-refractivity contribution in [3.8, 4) is 0 Å². The van der Waals surface area contributed by atoms with E-state index >= 15 is 0 Å². The molecule has 3 N–H and O–H groups in total. The predicted octanol–water partition coefficient (Wildman–Crippen LogP) is 2.50. The van der Waals surface area contributed by atoms with Crippen LogP contribution in [0.4, 0.5) is 0 Å². The fourth-order valence-electron chi connectivity index (χ4n) is 3.28. The highest BCUT2D eigenvalue weighted by molar-refractivity contribution is 6.13. The molecule has 1 aromatic heterocycles. The molecule has 27 heavy (non-hydrogen) atoms. The molecular weight excluding hydrogens is 346 g/mol. The lowest BCUT2D eigenvalue weighted by Gasteiger charge is -2.31. The molecule has 2 unspecified atom stereocenters. The van der Waals surface area contributed by atoms with E-state index in [1.165, 1.54) is 6.07 Å². The van der Waals surface area contributed by atoms with E-state index in [1.807, 2.05) is 6.92 Å². The minimum atomic E-state index is -1.51. The molecular formula is C20H21N3O4. The van der Waals surface area contributed by atoms with Crippen molar-refractivity contribution < 1.29 is 19.5 Å². The van der Waals surface area contributed by atoms with Crippen molar-refractivity contribution in [3.63, 3.8) is 0 Å². The van der Waals surface area contributed by atoms with Crippen molar-refractivity contribution in [1.82, 2.24) is 4.98 Å². The topological polar surface area (TPSA) is 115 Å². The second-order valence-corrected chi connectivity index (χ2v) is 6.45. The first-order valence-corrected chi connectivity index (χ1v) is 8.79. The first kappa shape index (κ1) is 18.7. The maximum absolute atomic E-state index is 12.8. The number of carboxylic acid groups (broad SMARTS) is 1. The summed E-state index contributed by atoms with van der Waals surface area (Å²) < 4.78 is 0. The van der Waals surface area contributed by atoms with Crippen LogP contribution in [0.3, 0.4) is 0 Å². The number of carbonyl (C=O) groups excluding carboxylic acids is 1. The Morgan fingerprint density at radius 3 is 2.59 bits per heavy atom. The largest absolute Gasteiger partial charge is 0.478 e. The van der Waals surface area contributed by atoms with Crippen molar-refractivity contribution in [2.45, 2.75) is 37.8 Å². The number of hydrogen-bond donors (Lipinski definition) is 2. The van der Waals surface area contributed by atoms with Gasteiger partial charge in [-0.05, 0) is 30.2 Å². The number of unbranched alkanes of at least 4 members (excludes halogenated alkanes) is 1. The third-order valence-corrected chi connectivity index (χ3v) is 4.68. The van der Waals surface area contributed by atoms with Gasteiger partial charge < -0.3 is 15.7 Å². The monoisotopic (exact) mass is 367 g/mol. The van der Waals surface area contributed by atoms with E-state index in [0.29, 0.717) is 23.3 Å². The maximum atomic E-state index is 12.8. The molecule has 140 valence electrons. The first-order valence-electron chi connectivity index (χ1n) is 8.79. The summed E-state index contributed by atoms with van der Waals surface area (Å²) in [5, 5.41) is 13.7. The van der Waals surface area contributed by atoms with Crippen LogP contribution in [0.25, 0.3) is 0 Å². The van der Waals surface area contributed by atoms with Gasteiger partial charge in [-0.15, -0.1) is 0 Å². The highest BCUT2D eigenvalue weighted by Crippen LogP contribution is 2.37. The summed E-state index contributed by atoms with van der Waals surface area (Å²) in [6, 6.07) is 9.77. The standard InChI is InChI=1S/C20H21N3O4/c1-2-3-8-16(24)18-20(21,15-7-5-4-6-14(15)19(25)26)17(23-27-18)13-9-11-22-12-10-13/h4-7,9-12,18H,2-3,8,21H2,1H3,(H,25,26).